The van der Waals surface area contributed by atoms with E-state index in [0.717, 1.165) is 0 Å². The smallest absolute Gasteiger partial charge is 1.00 e. The summed E-state index contributed by atoms with van der Waals surface area (Å²) in [5.41, 5.74) is 8.16. The largest absolute Gasteiger partial charge is 4.00 e. The molecule has 0 N–H and O–H groups in total. The van der Waals surface area contributed by atoms with Crippen LogP contribution in [0.1, 0.15) is 11.1 Å². The van der Waals surface area contributed by atoms with Crippen molar-refractivity contribution in [2.75, 3.05) is 0 Å². The summed E-state index contributed by atoms with van der Waals surface area (Å²) in [6.07, 6.45) is 0. The maximum atomic E-state index is 2.58. The van der Waals surface area contributed by atoms with E-state index in [0.29, 0.717) is 0 Å². The second kappa shape index (κ2) is 13.1. The van der Waals surface area contributed by atoms with Crippen LogP contribution in [0.5, 0.6) is 0 Å². The Morgan fingerprint density at radius 2 is 0.783 bits per heavy atom. The predicted molar refractivity (Wildman–Crippen MR) is 191 cm³/mol. The zero-order chi connectivity index (χ0) is 29.3. The van der Waals surface area contributed by atoms with Crippen molar-refractivity contribution in [3.63, 3.8) is 0 Å². The normalized spacial score (nSPS) is 11.4. The Hall–Kier alpha value is -3.26. The summed E-state index contributed by atoms with van der Waals surface area (Å²) in [5.74, 6) is 0. The van der Waals surface area contributed by atoms with E-state index in [9.17, 15) is 0 Å². The van der Waals surface area contributed by atoms with Crippen LogP contribution >= 0.6 is 0 Å². The summed E-state index contributed by atoms with van der Waals surface area (Å²) in [5, 5.41) is 13.9. The molecule has 0 spiro atoms. The molecule has 0 aliphatic heterocycles. The third kappa shape index (κ3) is 5.25. The number of fused-ring (bicyclic) bond motifs is 4. The van der Waals surface area contributed by atoms with Crippen LogP contribution in [0.2, 0.25) is 13.1 Å². The Morgan fingerprint density at radius 1 is 0.435 bits per heavy atom. The van der Waals surface area contributed by atoms with Gasteiger partial charge in [-0.05, 0) is 32.7 Å². The van der Waals surface area contributed by atoms with Gasteiger partial charge in [0, 0.05) is 8.07 Å². The molecule has 0 aromatic heterocycles. The average Bonchev–Trinajstić information content (AvgIpc) is 3.56. The Labute approximate surface area is 304 Å². The van der Waals surface area contributed by atoms with Gasteiger partial charge in [0.1, 0.15) is 0 Å². The first-order valence-corrected chi connectivity index (χ1v) is 18.3. The molecule has 0 unspecified atom stereocenters. The first-order valence-electron chi connectivity index (χ1n) is 15.3. The maximum Gasteiger partial charge on any atom is 4.00 e. The monoisotopic (exact) mass is 726 g/mol. The number of aryl methyl sites for hydroxylation is 2. The number of halogens is 2. The summed E-state index contributed by atoms with van der Waals surface area (Å²) in [6.45, 7) is 9.83. The van der Waals surface area contributed by atoms with E-state index in [1.54, 1.807) is 10.4 Å². The standard InChI is InChI=1S/C42H34Si.2ClH.Zr/c1-27-25-31-17-11-23-37(35-21-9-15-29-13-5-7-19-33(29)35)39(31)41(27)43(3,4)42-28(2)26-32-18-12-24-38(40(32)42)36-22-10-16-30-14-6-8-20-34(30)36;;;/h5-26H,1-4H3;2*1H;/q-2;;;+4/p-2. The van der Waals surface area contributed by atoms with Gasteiger partial charge in [-0.2, -0.15) is 10.4 Å². The molecule has 8 aromatic carbocycles. The van der Waals surface area contributed by atoms with E-state index in [-0.39, 0.29) is 51.0 Å². The molecule has 0 radical (unpaired) electrons. The van der Waals surface area contributed by atoms with Crippen molar-refractivity contribution in [1.29, 1.82) is 0 Å². The molecule has 0 aliphatic rings. The predicted octanol–water partition coefficient (Wildman–Crippen LogP) is 4.52. The second-order valence-electron chi connectivity index (χ2n) is 12.6. The fourth-order valence-electron chi connectivity index (χ4n) is 8.05. The molecule has 0 nitrogen and oxygen atoms in total. The molecule has 224 valence electrons. The molecule has 0 bridgehead atoms. The minimum Gasteiger partial charge on any atom is -1.00 e. The Morgan fingerprint density at radius 3 is 1.22 bits per heavy atom. The topological polar surface area (TPSA) is 0 Å². The molecule has 46 heavy (non-hydrogen) atoms. The van der Waals surface area contributed by atoms with Crippen LogP contribution in [-0.4, -0.2) is 8.07 Å². The zero-order valence-corrected chi connectivity index (χ0v) is 31.4. The van der Waals surface area contributed by atoms with E-state index in [1.165, 1.54) is 76.5 Å². The van der Waals surface area contributed by atoms with Crippen molar-refractivity contribution in [3.8, 4) is 22.3 Å². The molecule has 0 atom stereocenters. The van der Waals surface area contributed by atoms with Crippen molar-refractivity contribution in [1.82, 2.24) is 0 Å². The van der Waals surface area contributed by atoms with Crippen LogP contribution < -0.4 is 35.2 Å². The Balaban J connectivity index is 0.00000139. The van der Waals surface area contributed by atoms with E-state index in [1.807, 2.05) is 0 Å². The van der Waals surface area contributed by atoms with Crippen molar-refractivity contribution in [2.24, 2.45) is 0 Å². The van der Waals surface area contributed by atoms with Crippen molar-refractivity contribution in [2.45, 2.75) is 26.9 Å². The zero-order valence-electron chi connectivity index (χ0n) is 26.5. The maximum absolute atomic E-state index is 2.58. The quantitative estimate of drug-likeness (QED) is 0.185. The average molecular weight is 729 g/mol. The third-order valence-electron chi connectivity index (χ3n) is 9.64. The van der Waals surface area contributed by atoms with Gasteiger partial charge in [-0.3, -0.25) is 0 Å². The molecule has 0 saturated heterocycles. The van der Waals surface area contributed by atoms with E-state index in [2.05, 4.69) is 160 Å². The molecule has 0 fully saturated rings. The number of benzene rings is 6. The number of hydrogen-bond donors (Lipinski definition) is 0. The van der Waals surface area contributed by atoms with Gasteiger partial charge in [0.15, 0.2) is 0 Å². The molecule has 0 amide bonds. The van der Waals surface area contributed by atoms with Crippen LogP contribution in [0.3, 0.4) is 0 Å². The molecule has 4 heteroatoms. The van der Waals surface area contributed by atoms with E-state index < -0.39 is 8.07 Å². The molecule has 0 heterocycles. The molecular weight excluding hydrogens is 695 g/mol. The third-order valence-corrected chi connectivity index (χ3v) is 13.4. The van der Waals surface area contributed by atoms with E-state index >= 15 is 0 Å². The summed E-state index contributed by atoms with van der Waals surface area (Å²) in [7, 11) is -2.23. The van der Waals surface area contributed by atoms with Crippen molar-refractivity contribution >= 4 is 61.5 Å². The summed E-state index contributed by atoms with van der Waals surface area (Å²) in [4.78, 5) is 0. The molecule has 0 saturated carbocycles. The fourth-order valence-corrected chi connectivity index (χ4v) is 12.2. The number of rotatable bonds is 4. The summed E-state index contributed by atoms with van der Waals surface area (Å²) in [6, 6.07) is 49.7. The molecule has 8 aromatic rings. The van der Waals surface area contributed by atoms with Gasteiger partial charge < -0.3 is 24.8 Å². The van der Waals surface area contributed by atoms with E-state index in [4.69, 9.17) is 0 Å². The van der Waals surface area contributed by atoms with Gasteiger partial charge in [-0.25, -0.2) is 0 Å². The van der Waals surface area contributed by atoms with Crippen molar-refractivity contribution < 1.29 is 51.0 Å². The summed E-state index contributed by atoms with van der Waals surface area (Å²) < 4.78 is 0. The minimum absolute atomic E-state index is 0. The second-order valence-corrected chi connectivity index (χ2v) is 16.9. The van der Waals surface area contributed by atoms with Crippen LogP contribution in [0, 0.1) is 13.8 Å². The first kappa shape index (κ1) is 34.1. The first-order chi connectivity index (χ1) is 20.9. The Kier molecular flexibility index (Phi) is 9.70. The molecule has 8 rings (SSSR count). The fraction of sp³-hybridized carbons (Fsp3) is 0.0952. The van der Waals surface area contributed by atoms with Gasteiger partial charge in [-0.15, -0.1) is 69.1 Å². The molecule has 0 aliphatic carbocycles. The minimum atomic E-state index is -2.23. The van der Waals surface area contributed by atoms with Gasteiger partial charge in [0.25, 0.3) is 0 Å². The van der Waals surface area contributed by atoms with Crippen LogP contribution in [-0.2, 0) is 26.2 Å². The van der Waals surface area contributed by atoms with Crippen LogP contribution in [0.4, 0.5) is 0 Å². The SMILES string of the molecule is Cc1[cH-]c2cccc(-c3cccc4ccccc34)c2c1[Si](C)(C)c1c(C)[cH-]c2cccc(-c3cccc4ccccc34)c12.[Cl-].[Cl-].[Zr+4]. The van der Waals surface area contributed by atoms with Gasteiger partial charge >= 0.3 is 26.2 Å². The van der Waals surface area contributed by atoms with Crippen LogP contribution in [0.15, 0.2) is 133 Å². The van der Waals surface area contributed by atoms with Gasteiger partial charge in [0.2, 0.25) is 0 Å². The van der Waals surface area contributed by atoms with Crippen molar-refractivity contribution in [3.05, 3.63) is 145 Å². The van der Waals surface area contributed by atoms with Gasteiger partial charge in [0.05, 0.1) is 0 Å². The number of hydrogen-bond acceptors (Lipinski definition) is 0. The summed E-state index contributed by atoms with van der Waals surface area (Å²) >= 11 is 0. The Bertz CT molecular complexity index is 2180. The molecular formula is C42H34Cl2SiZr. The van der Waals surface area contributed by atoms with Crippen LogP contribution in [0.25, 0.3) is 65.3 Å². The van der Waals surface area contributed by atoms with Gasteiger partial charge in [-0.1, -0.05) is 135 Å².